The summed E-state index contributed by atoms with van der Waals surface area (Å²) < 4.78 is 0. The van der Waals surface area contributed by atoms with E-state index in [0.29, 0.717) is 6.42 Å². The Morgan fingerprint density at radius 2 is 1.39 bits per heavy atom. The second-order valence-corrected chi connectivity index (χ2v) is 8.21. The number of aliphatic carboxylic acids is 2. The molecule has 9 N–H and O–H groups in total. The highest BCUT2D eigenvalue weighted by Gasteiger charge is 2.32. The number of carbonyl (C=O) groups is 6. The quantitative estimate of drug-likeness (QED) is 0.143. The summed E-state index contributed by atoms with van der Waals surface area (Å²) in [6.07, 6.45) is -0.927. The Labute approximate surface area is 192 Å². The number of nitrogens with two attached hydrogens (primary N) is 2. The van der Waals surface area contributed by atoms with Crippen LogP contribution in [0.2, 0.25) is 0 Å². The van der Waals surface area contributed by atoms with Gasteiger partial charge >= 0.3 is 11.9 Å². The molecule has 0 aromatic carbocycles. The first kappa shape index (κ1) is 29.8. The van der Waals surface area contributed by atoms with E-state index in [-0.39, 0.29) is 12.3 Å². The second-order valence-electron chi connectivity index (χ2n) is 8.21. The van der Waals surface area contributed by atoms with Gasteiger partial charge in [-0.05, 0) is 18.3 Å². The number of rotatable bonds is 15. The lowest BCUT2D eigenvalue weighted by molar-refractivity contribution is -0.144. The standard InChI is InChI=1S/C20H35N5O8/c1-5-10(4)15(22)18(30)25-16(9(2)3)19(31)23-11(6-7-14(27)28)17(29)24-12(20(32)33)8-13(21)26/h9-12,15-16H,5-8,22H2,1-4H3,(H2,21,26)(H,23,31)(H,24,29)(H,25,30)(H,27,28)(H,32,33). The van der Waals surface area contributed by atoms with Gasteiger partial charge in [-0.25, -0.2) is 4.79 Å². The SMILES string of the molecule is CCC(C)C(N)C(=O)NC(C(=O)NC(CCC(=O)O)C(=O)NC(CC(N)=O)C(=O)O)C(C)C. The highest BCUT2D eigenvalue weighted by atomic mass is 16.4. The van der Waals surface area contributed by atoms with Gasteiger partial charge < -0.3 is 37.6 Å². The Balaban J connectivity index is 5.56. The van der Waals surface area contributed by atoms with Gasteiger partial charge in [0.15, 0.2) is 0 Å². The van der Waals surface area contributed by atoms with Crippen molar-refractivity contribution in [1.29, 1.82) is 0 Å². The van der Waals surface area contributed by atoms with E-state index < -0.39 is 78.5 Å². The molecule has 0 aliphatic rings. The van der Waals surface area contributed by atoms with Crippen LogP contribution in [0.1, 0.15) is 53.4 Å². The van der Waals surface area contributed by atoms with Crippen molar-refractivity contribution in [3.8, 4) is 0 Å². The molecule has 0 aromatic heterocycles. The van der Waals surface area contributed by atoms with Gasteiger partial charge in [0.25, 0.3) is 0 Å². The van der Waals surface area contributed by atoms with Crippen LogP contribution in [-0.2, 0) is 28.8 Å². The van der Waals surface area contributed by atoms with Crippen LogP contribution in [-0.4, -0.2) is 69.9 Å². The lowest BCUT2D eigenvalue weighted by Crippen LogP contribution is -2.59. The smallest absolute Gasteiger partial charge is 0.326 e. The van der Waals surface area contributed by atoms with Crippen molar-refractivity contribution in [2.45, 2.75) is 77.5 Å². The topological polar surface area (TPSA) is 231 Å². The van der Waals surface area contributed by atoms with Crippen LogP contribution in [0.5, 0.6) is 0 Å². The van der Waals surface area contributed by atoms with Crippen molar-refractivity contribution in [1.82, 2.24) is 16.0 Å². The third-order valence-electron chi connectivity index (χ3n) is 5.11. The van der Waals surface area contributed by atoms with Gasteiger partial charge in [-0.15, -0.1) is 0 Å². The maximum Gasteiger partial charge on any atom is 0.326 e. The van der Waals surface area contributed by atoms with Gasteiger partial charge in [0, 0.05) is 6.42 Å². The van der Waals surface area contributed by atoms with Crippen LogP contribution in [0.15, 0.2) is 0 Å². The van der Waals surface area contributed by atoms with E-state index in [1.54, 1.807) is 20.8 Å². The van der Waals surface area contributed by atoms with Crippen molar-refractivity contribution < 1.29 is 39.0 Å². The molecule has 13 heteroatoms. The molecule has 13 nitrogen and oxygen atoms in total. The fraction of sp³-hybridized carbons (Fsp3) is 0.700. The summed E-state index contributed by atoms with van der Waals surface area (Å²) in [6.45, 7) is 6.95. The van der Waals surface area contributed by atoms with E-state index in [1.165, 1.54) is 0 Å². The van der Waals surface area contributed by atoms with Crippen molar-refractivity contribution in [3.05, 3.63) is 0 Å². The van der Waals surface area contributed by atoms with Crippen LogP contribution >= 0.6 is 0 Å². The van der Waals surface area contributed by atoms with Gasteiger partial charge in [-0.1, -0.05) is 34.1 Å². The van der Waals surface area contributed by atoms with Crippen LogP contribution in [0.3, 0.4) is 0 Å². The number of carboxylic acids is 2. The van der Waals surface area contributed by atoms with Gasteiger partial charge in [-0.2, -0.15) is 0 Å². The lowest BCUT2D eigenvalue weighted by atomic mass is 9.97. The maximum atomic E-state index is 12.9. The molecule has 0 aliphatic carbocycles. The molecule has 0 aromatic rings. The lowest BCUT2D eigenvalue weighted by Gasteiger charge is -2.27. The van der Waals surface area contributed by atoms with Crippen LogP contribution in [0.25, 0.3) is 0 Å². The second kappa shape index (κ2) is 14.0. The molecule has 0 saturated heterocycles. The molecule has 4 amide bonds. The maximum absolute atomic E-state index is 12.9. The molecule has 5 unspecified atom stereocenters. The average molecular weight is 474 g/mol. The highest BCUT2D eigenvalue weighted by molar-refractivity contribution is 5.95. The molecule has 5 atom stereocenters. The van der Waals surface area contributed by atoms with Gasteiger partial charge in [0.2, 0.25) is 23.6 Å². The molecule has 188 valence electrons. The molecule has 0 spiro atoms. The zero-order valence-electron chi connectivity index (χ0n) is 19.3. The third-order valence-corrected chi connectivity index (χ3v) is 5.11. The summed E-state index contributed by atoms with van der Waals surface area (Å²) in [7, 11) is 0. The summed E-state index contributed by atoms with van der Waals surface area (Å²) in [4.78, 5) is 71.2. The average Bonchev–Trinajstić information content (AvgIpc) is 2.71. The predicted molar refractivity (Wildman–Crippen MR) is 116 cm³/mol. The normalized spacial score (nSPS) is 15.5. The number of carboxylic acid groups (broad SMARTS) is 2. The van der Waals surface area contributed by atoms with Crippen LogP contribution in [0.4, 0.5) is 0 Å². The summed E-state index contributed by atoms with van der Waals surface area (Å²) in [6, 6.07) is -5.05. The third kappa shape index (κ3) is 10.8. The zero-order valence-corrected chi connectivity index (χ0v) is 19.3. The van der Waals surface area contributed by atoms with Gasteiger partial charge in [0.1, 0.15) is 18.1 Å². The first-order valence-corrected chi connectivity index (χ1v) is 10.6. The molecule has 0 heterocycles. The van der Waals surface area contributed by atoms with Crippen molar-refractivity contribution in [3.63, 3.8) is 0 Å². The number of nitrogens with one attached hydrogen (secondary N) is 3. The molecule has 0 saturated carbocycles. The van der Waals surface area contributed by atoms with E-state index in [9.17, 15) is 28.8 Å². The molecule has 0 rings (SSSR count). The minimum absolute atomic E-state index is 0.145. The Kier molecular flexibility index (Phi) is 12.7. The molecule has 0 bridgehead atoms. The molecular weight excluding hydrogens is 438 g/mol. The molecular formula is C20H35N5O8. The van der Waals surface area contributed by atoms with Crippen LogP contribution < -0.4 is 27.4 Å². The fourth-order valence-electron chi connectivity index (χ4n) is 2.77. The van der Waals surface area contributed by atoms with E-state index in [2.05, 4.69) is 16.0 Å². The monoisotopic (exact) mass is 473 g/mol. The highest BCUT2D eigenvalue weighted by Crippen LogP contribution is 2.09. The van der Waals surface area contributed by atoms with Crippen molar-refractivity contribution >= 4 is 35.6 Å². The van der Waals surface area contributed by atoms with Crippen molar-refractivity contribution in [2.75, 3.05) is 0 Å². The summed E-state index contributed by atoms with van der Waals surface area (Å²) in [5.41, 5.74) is 10.9. The summed E-state index contributed by atoms with van der Waals surface area (Å²) in [5.74, 6) is -6.66. The Bertz CT molecular complexity index is 742. The molecule has 0 aliphatic heterocycles. The minimum atomic E-state index is -1.66. The summed E-state index contributed by atoms with van der Waals surface area (Å²) >= 11 is 0. The summed E-state index contributed by atoms with van der Waals surface area (Å²) in [5, 5.41) is 25.1. The zero-order chi connectivity index (χ0) is 25.9. The van der Waals surface area contributed by atoms with Gasteiger partial charge in [0.05, 0.1) is 12.5 Å². The molecule has 0 radical (unpaired) electrons. The number of hydrogen-bond acceptors (Lipinski definition) is 7. The number of amides is 4. The Hall–Kier alpha value is -3.22. The van der Waals surface area contributed by atoms with Crippen molar-refractivity contribution in [2.24, 2.45) is 23.3 Å². The van der Waals surface area contributed by atoms with Crippen LogP contribution in [0, 0.1) is 11.8 Å². The number of carbonyl (C=O) groups excluding carboxylic acids is 4. The van der Waals surface area contributed by atoms with E-state index in [4.69, 9.17) is 21.7 Å². The minimum Gasteiger partial charge on any atom is -0.481 e. The van der Waals surface area contributed by atoms with E-state index in [1.807, 2.05) is 6.92 Å². The van der Waals surface area contributed by atoms with E-state index >= 15 is 0 Å². The first-order chi connectivity index (χ1) is 15.2. The number of primary amides is 1. The Morgan fingerprint density at radius 3 is 1.82 bits per heavy atom. The number of hydrogen-bond donors (Lipinski definition) is 7. The molecule has 0 fully saturated rings. The fourth-order valence-corrected chi connectivity index (χ4v) is 2.77. The predicted octanol–water partition coefficient (Wildman–Crippen LogP) is -1.70. The Morgan fingerprint density at radius 1 is 0.848 bits per heavy atom. The largest absolute Gasteiger partial charge is 0.481 e. The van der Waals surface area contributed by atoms with Gasteiger partial charge in [-0.3, -0.25) is 24.0 Å². The first-order valence-electron chi connectivity index (χ1n) is 10.6. The molecule has 33 heavy (non-hydrogen) atoms. The van der Waals surface area contributed by atoms with E-state index in [0.717, 1.165) is 0 Å².